The van der Waals surface area contributed by atoms with Gasteiger partial charge in [0.1, 0.15) is 0 Å². The average molecular weight is 213 g/mol. The lowest BCUT2D eigenvalue weighted by atomic mass is 10.1. The van der Waals surface area contributed by atoms with Gasteiger partial charge in [-0.1, -0.05) is 0 Å². The molecule has 1 saturated carbocycles. The molecule has 86 valence electrons. The summed E-state index contributed by atoms with van der Waals surface area (Å²) in [5.74, 6) is -0.370. The smallest absolute Gasteiger partial charge is 0.312 e. The van der Waals surface area contributed by atoms with Crippen LogP contribution in [0.1, 0.15) is 27.2 Å². The summed E-state index contributed by atoms with van der Waals surface area (Å²) < 4.78 is 4.69. The summed E-state index contributed by atoms with van der Waals surface area (Å²) in [4.78, 5) is 25.1. The van der Waals surface area contributed by atoms with Gasteiger partial charge in [0.15, 0.2) is 0 Å². The number of rotatable bonds is 4. The molecule has 0 heterocycles. The van der Waals surface area contributed by atoms with E-state index in [1.165, 1.54) is 7.11 Å². The van der Waals surface area contributed by atoms with Gasteiger partial charge in [-0.15, -0.1) is 0 Å². The van der Waals surface area contributed by atoms with E-state index in [9.17, 15) is 9.59 Å². The minimum absolute atomic E-state index is 0.0768. The lowest BCUT2D eigenvalue weighted by Crippen LogP contribution is -2.34. The van der Waals surface area contributed by atoms with Crippen LogP contribution in [0.25, 0.3) is 0 Å². The minimum Gasteiger partial charge on any atom is -0.469 e. The zero-order valence-corrected chi connectivity index (χ0v) is 9.87. The van der Waals surface area contributed by atoms with Crippen LogP contribution >= 0.6 is 0 Å². The van der Waals surface area contributed by atoms with E-state index in [1.807, 2.05) is 13.8 Å². The number of ether oxygens (including phenoxy) is 1. The normalized spacial score (nSPS) is 28.4. The molecule has 1 fully saturated rings. The van der Waals surface area contributed by atoms with E-state index < -0.39 is 5.41 Å². The first-order valence-corrected chi connectivity index (χ1v) is 5.38. The fraction of sp³-hybridized carbons (Fsp3) is 0.818. The zero-order valence-electron chi connectivity index (χ0n) is 9.87. The van der Waals surface area contributed by atoms with Crippen molar-refractivity contribution in [2.45, 2.75) is 27.2 Å². The number of carbonyl (C=O) groups excluding carboxylic acids is 2. The zero-order chi connectivity index (χ0) is 11.6. The molecule has 4 nitrogen and oxygen atoms in total. The van der Waals surface area contributed by atoms with E-state index >= 15 is 0 Å². The highest BCUT2D eigenvalue weighted by molar-refractivity contribution is 5.93. The molecule has 15 heavy (non-hydrogen) atoms. The summed E-state index contributed by atoms with van der Waals surface area (Å²) in [6, 6.07) is 0. The first-order chi connectivity index (χ1) is 7.01. The molecular weight excluding hydrogens is 194 g/mol. The molecule has 0 saturated heterocycles. The molecule has 0 spiro atoms. The predicted molar refractivity (Wildman–Crippen MR) is 56.2 cm³/mol. The molecule has 1 rings (SSSR count). The number of hydrogen-bond donors (Lipinski definition) is 0. The highest BCUT2D eigenvalue weighted by Gasteiger charge is 2.61. The van der Waals surface area contributed by atoms with E-state index in [0.717, 1.165) is 0 Å². The first kappa shape index (κ1) is 12.0. The summed E-state index contributed by atoms with van der Waals surface area (Å²) >= 11 is 0. The van der Waals surface area contributed by atoms with E-state index in [2.05, 4.69) is 0 Å². The van der Waals surface area contributed by atoms with Gasteiger partial charge in [-0.3, -0.25) is 9.59 Å². The van der Waals surface area contributed by atoms with Crippen LogP contribution in [0.2, 0.25) is 0 Å². The number of amides is 1. The van der Waals surface area contributed by atoms with Crippen LogP contribution < -0.4 is 0 Å². The number of esters is 1. The molecule has 0 unspecified atom stereocenters. The second-order valence-electron chi connectivity index (χ2n) is 4.18. The van der Waals surface area contributed by atoms with Crippen LogP contribution in [0.5, 0.6) is 0 Å². The van der Waals surface area contributed by atoms with Crippen molar-refractivity contribution < 1.29 is 14.3 Å². The second-order valence-corrected chi connectivity index (χ2v) is 4.18. The predicted octanol–water partition coefficient (Wildman–Crippen LogP) is 1.05. The SMILES string of the molecule is CCN(CC)C(=O)[C@H]1C[C@@]1(C)C(=O)OC. The molecule has 0 aromatic heterocycles. The molecule has 2 atom stereocenters. The third-order valence-electron chi connectivity index (χ3n) is 3.26. The molecule has 0 N–H and O–H groups in total. The number of nitrogens with zero attached hydrogens (tertiary/aromatic N) is 1. The van der Waals surface area contributed by atoms with Crippen molar-refractivity contribution in [2.24, 2.45) is 11.3 Å². The standard InChI is InChI=1S/C11H19NO3/c1-5-12(6-2)9(13)8-7-11(8,3)10(14)15-4/h8H,5-7H2,1-4H3/t8-,11-/m1/s1. The van der Waals surface area contributed by atoms with Gasteiger partial charge in [0.2, 0.25) is 5.91 Å². The van der Waals surface area contributed by atoms with Gasteiger partial charge in [0, 0.05) is 13.1 Å². The highest BCUT2D eigenvalue weighted by Crippen LogP contribution is 2.53. The third-order valence-corrected chi connectivity index (χ3v) is 3.26. The molecule has 0 bridgehead atoms. The molecule has 0 aromatic carbocycles. The summed E-state index contributed by atoms with van der Waals surface area (Å²) in [5, 5.41) is 0. The Morgan fingerprint density at radius 1 is 1.40 bits per heavy atom. The van der Waals surface area contributed by atoms with Crippen molar-refractivity contribution in [3.05, 3.63) is 0 Å². The van der Waals surface area contributed by atoms with Crippen molar-refractivity contribution in [1.82, 2.24) is 4.90 Å². The van der Waals surface area contributed by atoms with Crippen molar-refractivity contribution in [2.75, 3.05) is 20.2 Å². The van der Waals surface area contributed by atoms with Crippen LogP contribution in [-0.4, -0.2) is 37.0 Å². The molecule has 4 heteroatoms. The largest absolute Gasteiger partial charge is 0.469 e. The Balaban J connectivity index is 2.63. The minimum atomic E-state index is -0.575. The summed E-state index contributed by atoms with van der Waals surface area (Å²) in [6.07, 6.45) is 0.620. The Morgan fingerprint density at radius 2 is 1.93 bits per heavy atom. The topological polar surface area (TPSA) is 46.6 Å². The molecule has 1 aliphatic rings. The molecule has 0 aromatic rings. The van der Waals surface area contributed by atoms with E-state index in [1.54, 1.807) is 11.8 Å². The molecule has 0 radical (unpaired) electrons. The Kier molecular flexibility index (Phi) is 3.37. The maximum Gasteiger partial charge on any atom is 0.312 e. The van der Waals surface area contributed by atoms with Crippen LogP contribution in [0.3, 0.4) is 0 Å². The van der Waals surface area contributed by atoms with Crippen molar-refractivity contribution in [3.63, 3.8) is 0 Å². The third kappa shape index (κ3) is 1.98. The van der Waals surface area contributed by atoms with Gasteiger partial charge in [-0.2, -0.15) is 0 Å². The second kappa shape index (κ2) is 4.21. The van der Waals surface area contributed by atoms with Crippen LogP contribution in [0, 0.1) is 11.3 Å². The quantitative estimate of drug-likeness (QED) is 0.656. The lowest BCUT2D eigenvalue weighted by molar-refractivity contribution is -0.149. The fourth-order valence-electron chi connectivity index (χ4n) is 1.94. The van der Waals surface area contributed by atoms with Gasteiger partial charge >= 0.3 is 5.97 Å². The Labute approximate surface area is 90.6 Å². The van der Waals surface area contributed by atoms with Gasteiger partial charge in [0.25, 0.3) is 0 Å². The maximum atomic E-state index is 11.9. The van der Waals surface area contributed by atoms with Crippen molar-refractivity contribution >= 4 is 11.9 Å². The number of methoxy groups -OCH3 is 1. The summed E-state index contributed by atoms with van der Waals surface area (Å²) in [6.45, 7) is 7.08. The summed E-state index contributed by atoms with van der Waals surface area (Å²) in [7, 11) is 1.37. The Bertz CT molecular complexity index is 273. The monoisotopic (exact) mass is 213 g/mol. The first-order valence-electron chi connectivity index (χ1n) is 5.38. The molecule has 1 aliphatic carbocycles. The molecular formula is C11H19NO3. The van der Waals surface area contributed by atoms with Crippen molar-refractivity contribution in [1.29, 1.82) is 0 Å². The molecule has 1 amide bonds. The highest BCUT2D eigenvalue weighted by atomic mass is 16.5. The summed E-state index contributed by atoms with van der Waals surface area (Å²) in [5.41, 5.74) is -0.575. The van der Waals surface area contributed by atoms with Crippen LogP contribution in [0.4, 0.5) is 0 Å². The number of carbonyl (C=O) groups is 2. The van der Waals surface area contributed by atoms with Crippen LogP contribution in [0.15, 0.2) is 0 Å². The van der Waals surface area contributed by atoms with E-state index in [0.29, 0.717) is 19.5 Å². The average Bonchev–Trinajstić information content (AvgIpc) is 2.92. The Morgan fingerprint density at radius 3 is 2.33 bits per heavy atom. The van der Waals surface area contributed by atoms with Gasteiger partial charge in [-0.05, 0) is 27.2 Å². The maximum absolute atomic E-state index is 11.9. The van der Waals surface area contributed by atoms with Crippen LogP contribution in [-0.2, 0) is 14.3 Å². The van der Waals surface area contributed by atoms with Gasteiger partial charge in [0.05, 0.1) is 18.4 Å². The van der Waals surface area contributed by atoms with Gasteiger partial charge < -0.3 is 9.64 Å². The fourth-order valence-corrected chi connectivity index (χ4v) is 1.94. The van der Waals surface area contributed by atoms with E-state index in [-0.39, 0.29) is 17.8 Å². The number of hydrogen-bond acceptors (Lipinski definition) is 3. The van der Waals surface area contributed by atoms with E-state index in [4.69, 9.17) is 4.74 Å². The van der Waals surface area contributed by atoms with Gasteiger partial charge in [-0.25, -0.2) is 0 Å². The molecule has 0 aliphatic heterocycles. The van der Waals surface area contributed by atoms with Crippen molar-refractivity contribution in [3.8, 4) is 0 Å². The Hall–Kier alpha value is -1.06. The lowest BCUT2D eigenvalue weighted by Gasteiger charge is -2.19.